The normalized spacial score (nSPS) is 11.0. The molecule has 0 aliphatic heterocycles. The van der Waals surface area contributed by atoms with Gasteiger partial charge in [0.05, 0.1) is 5.56 Å². The van der Waals surface area contributed by atoms with Crippen LogP contribution in [0.4, 0.5) is 0 Å². The first-order chi connectivity index (χ1) is 10.5. The second-order valence-electron chi connectivity index (χ2n) is 4.62. The van der Waals surface area contributed by atoms with Crippen LogP contribution in [0.3, 0.4) is 0 Å². The topological polar surface area (TPSA) is 91.6 Å². The molecule has 0 aliphatic rings. The molecule has 0 bridgehead atoms. The minimum absolute atomic E-state index is 0.00606. The van der Waals surface area contributed by atoms with Gasteiger partial charge in [0, 0.05) is 17.6 Å². The number of aromatic nitrogens is 2. The first-order valence-corrected chi connectivity index (χ1v) is 7.40. The van der Waals surface area contributed by atoms with E-state index in [-0.39, 0.29) is 11.3 Å². The maximum absolute atomic E-state index is 12.1. The quantitative estimate of drug-likeness (QED) is 0.765. The number of hydrogen-bond donors (Lipinski definition) is 2. The molecule has 2 N–H and O–H groups in total. The number of halogens is 1. The molecule has 1 aromatic carbocycles. The van der Waals surface area contributed by atoms with Gasteiger partial charge in [-0.25, -0.2) is 9.59 Å². The van der Waals surface area contributed by atoms with E-state index in [1.807, 2.05) is 0 Å². The minimum atomic E-state index is -1.14. The van der Waals surface area contributed by atoms with Crippen molar-refractivity contribution in [3.63, 3.8) is 0 Å². The van der Waals surface area contributed by atoms with Crippen LogP contribution in [0, 0.1) is 0 Å². The van der Waals surface area contributed by atoms with Crippen LogP contribution in [-0.4, -0.2) is 20.5 Å². The van der Waals surface area contributed by atoms with Crippen molar-refractivity contribution >= 4 is 33.7 Å². The summed E-state index contributed by atoms with van der Waals surface area (Å²) >= 11 is 6.72. The third-order valence-electron chi connectivity index (χ3n) is 3.15. The Morgan fingerprint density at radius 1 is 1.27 bits per heavy atom. The van der Waals surface area contributed by atoms with Gasteiger partial charge >= 0.3 is 11.7 Å². The van der Waals surface area contributed by atoms with Crippen molar-refractivity contribution in [1.82, 2.24) is 9.38 Å². The SMILES string of the molecule is O=C(O)c1cn2c(=O)[nH]c(=O)c(Cc3ccc(Cl)cc3)c2s1. The molecule has 3 rings (SSSR count). The van der Waals surface area contributed by atoms with Crippen LogP contribution >= 0.6 is 22.9 Å². The average molecular weight is 337 g/mol. The van der Waals surface area contributed by atoms with Crippen LogP contribution in [0.25, 0.3) is 4.83 Å². The fourth-order valence-corrected chi connectivity index (χ4v) is 3.21. The van der Waals surface area contributed by atoms with E-state index in [0.717, 1.165) is 21.3 Å². The van der Waals surface area contributed by atoms with Crippen LogP contribution in [0.5, 0.6) is 0 Å². The number of aromatic carboxylic acids is 1. The number of rotatable bonds is 3. The molecule has 0 saturated heterocycles. The van der Waals surface area contributed by atoms with Crippen molar-refractivity contribution in [3.05, 3.63) is 72.3 Å². The lowest BCUT2D eigenvalue weighted by Gasteiger charge is -2.03. The molecule has 0 unspecified atom stereocenters. The Kier molecular flexibility index (Phi) is 3.59. The van der Waals surface area contributed by atoms with Crippen molar-refractivity contribution in [1.29, 1.82) is 0 Å². The zero-order chi connectivity index (χ0) is 15.9. The molecule has 0 atom stereocenters. The molecular weight excluding hydrogens is 328 g/mol. The summed E-state index contributed by atoms with van der Waals surface area (Å²) in [4.78, 5) is 37.5. The van der Waals surface area contributed by atoms with E-state index in [1.165, 1.54) is 6.20 Å². The Balaban J connectivity index is 2.19. The van der Waals surface area contributed by atoms with E-state index in [1.54, 1.807) is 24.3 Å². The molecule has 3 aromatic rings. The second-order valence-corrected chi connectivity index (χ2v) is 6.08. The fraction of sp³-hybridized carbons (Fsp3) is 0.0714. The lowest BCUT2D eigenvalue weighted by molar-refractivity contribution is 0.0702. The highest BCUT2D eigenvalue weighted by Gasteiger charge is 2.16. The van der Waals surface area contributed by atoms with E-state index in [4.69, 9.17) is 16.7 Å². The van der Waals surface area contributed by atoms with Crippen molar-refractivity contribution in [2.75, 3.05) is 0 Å². The Labute approximate surface area is 132 Å². The lowest BCUT2D eigenvalue weighted by atomic mass is 10.1. The van der Waals surface area contributed by atoms with Gasteiger partial charge < -0.3 is 5.11 Å². The van der Waals surface area contributed by atoms with E-state index >= 15 is 0 Å². The van der Waals surface area contributed by atoms with E-state index < -0.39 is 17.2 Å². The number of carboxylic acid groups (broad SMARTS) is 1. The van der Waals surface area contributed by atoms with Crippen molar-refractivity contribution in [3.8, 4) is 0 Å². The Morgan fingerprint density at radius 2 is 1.95 bits per heavy atom. The monoisotopic (exact) mass is 336 g/mol. The number of carbonyl (C=O) groups is 1. The van der Waals surface area contributed by atoms with Gasteiger partial charge in [0.2, 0.25) is 0 Å². The van der Waals surface area contributed by atoms with Gasteiger partial charge in [-0.1, -0.05) is 23.7 Å². The van der Waals surface area contributed by atoms with Crippen LogP contribution < -0.4 is 11.2 Å². The summed E-state index contributed by atoms with van der Waals surface area (Å²) in [5, 5.41) is 9.63. The van der Waals surface area contributed by atoms with Crippen LogP contribution in [0.15, 0.2) is 40.1 Å². The highest BCUT2D eigenvalue weighted by Crippen LogP contribution is 2.21. The van der Waals surface area contributed by atoms with Gasteiger partial charge in [0.1, 0.15) is 9.71 Å². The molecule has 0 radical (unpaired) electrons. The van der Waals surface area contributed by atoms with Crippen molar-refractivity contribution < 1.29 is 9.90 Å². The van der Waals surface area contributed by atoms with Gasteiger partial charge in [-0.15, -0.1) is 11.3 Å². The number of H-pyrrole nitrogens is 1. The van der Waals surface area contributed by atoms with Crippen LogP contribution in [0.1, 0.15) is 20.8 Å². The number of nitrogens with zero attached hydrogens (tertiary/aromatic N) is 1. The largest absolute Gasteiger partial charge is 0.477 e. The zero-order valence-electron chi connectivity index (χ0n) is 11.0. The van der Waals surface area contributed by atoms with E-state index in [0.29, 0.717) is 15.4 Å². The molecule has 0 saturated carbocycles. The van der Waals surface area contributed by atoms with Gasteiger partial charge in [-0.2, -0.15) is 0 Å². The van der Waals surface area contributed by atoms with E-state index in [2.05, 4.69) is 4.98 Å². The summed E-state index contributed by atoms with van der Waals surface area (Å²) in [5.41, 5.74) is 0.0162. The molecule has 0 spiro atoms. The number of benzene rings is 1. The maximum Gasteiger partial charge on any atom is 0.347 e. The molecule has 2 aromatic heterocycles. The first kappa shape index (κ1) is 14.6. The molecular formula is C14H9ClN2O4S. The Bertz CT molecular complexity index is 985. The highest BCUT2D eigenvalue weighted by molar-refractivity contribution is 7.19. The first-order valence-electron chi connectivity index (χ1n) is 6.21. The third kappa shape index (κ3) is 2.56. The summed E-state index contributed by atoms with van der Waals surface area (Å²) in [7, 11) is 0. The third-order valence-corrected chi connectivity index (χ3v) is 4.54. The Hall–Kier alpha value is -2.38. The number of thiazole rings is 1. The molecule has 6 nitrogen and oxygen atoms in total. The minimum Gasteiger partial charge on any atom is -0.477 e. The van der Waals surface area contributed by atoms with Crippen molar-refractivity contribution in [2.24, 2.45) is 0 Å². The summed E-state index contributed by atoms with van der Waals surface area (Å²) in [6.45, 7) is 0. The summed E-state index contributed by atoms with van der Waals surface area (Å²) in [5.74, 6) is -1.14. The average Bonchev–Trinajstić information content (AvgIpc) is 2.91. The zero-order valence-corrected chi connectivity index (χ0v) is 12.6. The molecule has 0 fully saturated rings. The number of aromatic amines is 1. The molecule has 0 aliphatic carbocycles. The number of fused-ring (bicyclic) bond motifs is 1. The van der Waals surface area contributed by atoms with Gasteiger partial charge in [-0.05, 0) is 17.7 Å². The predicted molar refractivity (Wildman–Crippen MR) is 83.4 cm³/mol. The molecule has 8 heteroatoms. The maximum atomic E-state index is 12.1. The lowest BCUT2D eigenvalue weighted by Crippen LogP contribution is -2.28. The van der Waals surface area contributed by atoms with Gasteiger partial charge in [0.25, 0.3) is 5.56 Å². The van der Waals surface area contributed by atoms with E-state index in [9.17, 15) is 14.4 Å². The molecule has 0 amide bonds. The molecule has 112 valence electrons. The van der Waals surface area contributed by atoms with Crippen LogP contribution in [-0.2, 0) is 6.42 Å². The summed E-state index contributed by atoms with van der Waals surface area (Å²) in [6, 6.07) is 6.95. The number of nitrogens with one attached hydrogen (secondary N) is 1. The smallest absolute Gasteiger partial charge is 0.347 e. The van der Waals surface area contributed by atoms with Gasteiger partial charge in [-0.3, -0.25) is 14.2 Å². The Morgan fingerprint density at radius 3 is 2.59 bits per heavy atom. The number of carboxylic acids is 1. The number of hydrogen-bond acceptors (Lipinski definition) is 4. The highest BCUT2D eigenvalue weighted by atomic mass is 35.5. The van der Waals surface area contributed by atoms with Gasteiger partial charge in [0.15, 0.2) is 0 Å². The summed E-state index contributed by atoms with van der Waals surface area (Å²) in [6.07, 6.45) is 1.49. The summed E-state index contributed by atoms with van der Waals surface area (Å²) < 4.78 is 1.15. The molecule has 22 heavy (non-hydrogen) atoms. The standard InChI is InChI=1S/C14H9ClN2O4S/c15-8-3-1-7(2-4-8)5-9-11(18)16-14(21)17-6-10(13(19)20)22-12(9)17/h1-4,6H,5H2,(H,19,20)(H,16,18,21). The van der Waals surface area contributed by atoms with Crippen LogP contribution in [0.2, 0.25) is 5.02 Å². The van der Waals surface area contributed by atoms with Crippen molar-refractivity contribution in [2.45, 2.75) is 6.42 Å². The fourth-order valence-electron chi connectivity index (χ4n) is 2.10. The molecule has 2 heterocycles. The second kappa shape index (κ2) is 5.43. The predicted octanol–water partition coefficient (Wildman–Crippen LogP) is 1.99.